The van der Waals surface area contributed by atoms with Gasteiger partial charge in [0.1, 0.15) is 6.07 Å². The van der Waals surface area contributed by atoms with Crippen LogP contribution >= 0.6 is 11.6 Å². The Bertz CT molecular complexity index is 598. The Balaban J connectivity index is 2.40. The lowest BCUT2D eigenvalue weighted by molar-refractivity contribution is 0.673. The topological polar surface area (TPSA) is 53.6 Å². The van der Waals surface area contributed by atoms with E-state index in [4.69, 9.17) is 16.9 Å². The minimum atomic E-state index is 0.360. The number of rotatable bonds is 5. The Morgan fingerprint density at radius 2 is 2.32 bits per heavy atom. The highest BCUT2D eigenvalue weighted by Crippen LogP contribution is 2.24. The highest BCUT2D eigenvalue weighted by atomic mass is 35.5. The van der Waals surface area contributed by atoms with Crippen molar-refractivity contribution < 1.29 is 0 Å². The summed E-state index contributed by atoms with van der Waals surface area (Å²) in [5.41, 5.74) is 1.87. The van der Waals surface area contributed by atoms with E-state index in [2.05, 4.69) is 23.3 Å². The number of halogens is 1. The molecule has 4 nitrogen and oxygen atoms in total. The molecular formula is C14H15ClN4. The van der Waals surface area contributed by atoms with Crippen molar-refractivity contribution >= 4 is 11.6 Å². The van der Waals surface area contributed by atoms with Gasteiger partial charge in [0.2, 0.25) is 5.82 Å². The van der Waals surface area contributed by atoms with Crippen molar-refractivity contribution in [3.63, 3.8) is 0 Å². The van der Waals surface area contributed by atoms with Crippen molar-refractivity contribution in [2.45, 2.75) is 19.9 Å². The molecule has 0 unspecified atom stereocenters. The molecule has 0 fully saturated rings. The smallest absolute Gasteiger partial charge is 0.217 e. The summed E-state index contributed by atoms with van der Waals surface area (Å²) in [6.45, 7) is 3.72. The molecule has 0 aliphatic heterocycles. The first kappa shape index (κ1) is 13.6. The molecule has 0 bridgehead atoms. The van der Waals surface area contributed by atoms with Crippen LogP contribution < -0.4 is 5.32 Å². The van der Waals surface area contributed by atoms with Crippen LogP contribution in [0.5, 0.6) is 0 Å². The van der Waals surface area contributed by atoms with Gasteiger partial charge in [-0.3, -0.25) is 4.57 Å². The molecule has 0 saturated heterocycles. The fraction of sp³-hybridized carbons (Fsp3) is 0.286. The van der Waals surface area contributed by atoms with Crippen LogP contribution in [0.2, 0.25) is 5.02 Å². The van der Waals surface area contributed by atoms with Crippen molar-refractivity contribution in [2.75, 3.05) is 6.54 Å². The second-order valence-electron chi connectivity index (χ2n) is 4.15. The number of nitrogens with zero attached hydrogens (tertiary/aromatic N) is 3. The number of hydrogen-bond acceptors (Lipinski definition) is 3. The predicted molar refractivity (Wildman–Crippen MR) is 75.3 cm³/mol. The predicted octanol–water partition coefficient (Wildman–Crippen LogP) is 2.90. The van der Waals surface area contributed by atoms with E-state index >= 15 is 0 Å². The molecule has 1 aromatic carbocycles. The molecule has 1 aromatic heterocycles. The Morgan fingerprint density at radius 3 is 3.05 bits per heavy atom. The van der Waals surface area contributed by atoms with E-state index in [9.17, 15) is 0 Å². The lowest BCUT2D eigenvalue weighted by atomic mass is 10.1. The lowest BCUT2D eigenvalue weighted by Crippen LogP contribution is -2.16. The summed E-state index contributed by atoms with van der Waals surface area (Å²) in [5.74, 6) is 0.360. The Morgan fingerprint density at radius 1 is 1.47 bits per heavy atom. The standard InChI is InChI=1S/C14H15ClN4/c1-2-6-17-10-11-12(15)4-3-5-13(11)19-8-7-18-14(19)9-16/h3-5,7-8,17H,2,6,10H2,1H3. The largest absolute Gasteiger partial charge is 0.313 e. The molecule has 5 heteroatoms. The monoisotopic (exact) mass is 274 g/mol. The zero-order valence-electron chi connectivity index (χ0n) is 10.7. The van der Waals surface area contributed by atoms with E-state index in [1.165, 1.54) is 0 Å². The van der Waals surface area contributed by atoms with Crippen molar-refractivity contribution in [1.29, 1.82) is 5.26 Å². The van der Waals surface area contributed by atoms with E-state index < -0.39 is 0 Å². The molecule has 98 valence electrons. The van der Waals surface area contributed by atoms with Crippen molar-refractivity contribution in [2.24, 2.45) is 0 Å². The highest BCUT2D eigenvalue weighted by molar-refractivity contribution is 6.31. The van der Waals surface area contributed by atoms with Gasteiger partial charge in [0.05, 0.1) is 5.69 Å². The molecule has 0 saturated carbocycles. The summed E-state index contributed by atoms with van der Waals surface area (Å²) < 4.78 is 1.76. The number of hydrogen-bond donors (Lipinski definition) is 1. The van der Waals surface area contributed by atoms with Crippen LogP contribution in [0.25, 0.3) is 5.69 Å². The number of aromatic nitrogens is 2. The van der Waals surface area contributed by atoms with Crippen molar-refractivity contribution in [1.82, 2.24) is 14.9 Å². The Labute approximate surface area is 117 Å². The van der Waals surface area contributed by atoms with Gasteiger partial charge in [-0.2, -0.15) is 5.26 Å². The third-order valence-corrected chi connectivity index (χ3v) is 3.18. The quantitative estimate of drug-likeness (QED) is 0.853. The molecule has 0 amide bonds. The molecule has 0 spiro atoms. The molecule has 1 heterocycles. The van der Waals surface area contributed by atoms with Gasteiger partial charge >= 0.3 is 0 Å². The molecule has 2 aromatic rings. The van der Waals surface area contributed by atoms with Crippen LogP contribution in [0.4, 0.5) is 0 Å². The Hall–Kier alpha value is -1.83. The second kappa shape index (κ2) is 6.37. The van der Waals surface area contributed by atoms with Gasteiger partial charge in [0.25, 0.3) is 0 Å². The van der Waals surface area contributed by atoms with Gasteiger partial charge in [-0.05, 0) is 25.1 Å². The molecule has 19 heavy (non-hydrogen) atoms. The van der Waals surface area contributed by atoms with Crippen molar-refractivity contribution in [3.05, 3.63) is 47.0 Å². The molecular weight excluding hydrogens is 260 g/mol. The first-order chi connectivity index (χ1) is 9.27. The molecule has 1 N–H and O–H groups in total. The maximum Gasteiger partial charge on any atom is 0.217 e. The maximum atomic E-state index is 9.06. The third-order valence-electron chi connectivity index (χ3n) is 2.82. The second-order valence-corrected chi connectivity index (χ2v) is 4.55. The van der Waals surface area contributed by atoms with Gasteiger partial charge < -0.3 is 5.32 Å². The summed E-state index contributed by atoms with van der Waals surface area (Å²) in [6, 6.07) is 7.75. The van der Waals surface area contributed by atoms with Crippen LogP contribution in [0.1, 0.15) is 24.7 Å². The van der Waals surface area contributed by atoms with Gasteiger partial charge in [0, 0.05) is 29.5 Å². The first-order valence-corrected chi connectivity index (χ1v) is 6.57. The van der Waals surface area contributed by atoms with E-state index in [-0.39, 0.29) is 0 Å². The van der Waals surface area contributed by atoms with Crippen LogP contribution in [0.15, 0.2) is 30.6 Å². The van der Waals surface area contributed by atoms with Crippen LogP contribution in [-0.2, 0) is 6.54 Å². The fourth-order valence-corrected chi connectivity index (χ4v) is 2.16. The summed E-state index contributed by atoms with van der Waals surface area (Å²) in [7, 11) is 0. The van der Waals surface area contributed by atoms with E-state index in [0.29, 0.717) is 17.4 Å². The van der Waals surface area contributed by atoms with E-state index in [1.807, 2.05) is 18.2 Å². The van der Waals surface area contributed by atoms with Crippen LogP contribution in [0.3, 0.4) is 0 Å². The molecule has 2 rings (SSSR count). The van der Waals surface area contributed by atoms with Gasteiger partial charge in [-0.15, -0.1) is 0 Å². The normalized spacial score (nSPS) is 10.4. The molecule has 0 atom stereocenters. The average molecular weight is 275 g/mol. The third kappa shape index (κ3) is 2.95. The summed E-state index contributed by atoms with van der Waals surface area (Å²) in [5, 5.41) is 13.1. The first-order valence-electron chi connectivity index (χ1n) is 6.19. The highest BCUT2D eigenvalue weighted by Gasteiger charge is 2.11. The van der Waals surface area contributed by atoms with Crippen LogP contribution in [0, 0.1) is 11.3 Å². The molecule has 0 aliphatic carbocycles. The summed E-state index contributed by atoms with van der Waals surface area (Å²) in [4.78, 5) is 4.02. The number of nitrogens with one attached hydrogen (secondary N) is 1. The minimum absolute atomic E-state index is 0.360. The Kier molecular flexibility index (Phi) is 4.56. The van der Waals surface area contributed by atoms with E-state index in [0.717, 1.165) is 24.2 Å². The zero-order valence-corrected chi connectivity index (χ0v) is 11.5. The molecule has 0 aliphatic rings. The number of benzene rings is 1. The fourth-order valence-electron chi connectivity index (χ4n) is 1.92. The summed E-state index contributed by atoms with van der Waals surface area (Å²) >= 11 is 6.26. The maximum absolute atomic E-state index is 9.06. The van der Waals surface area contributed by atoms with Gasteiger partial charge in [-0.1, -0.05) is 24.6 Å². The van der Waals surface area contributed by atoms with Gasteiger partial charge in [0.15, 0.2) is 0 Å². The zero-order chi connectivity index (χ0) is 13.7. The van der Waals surface area contributed by atoms with Crippen molar-refractivity contribution in [3.8, 4) is 11.8 Å². The molecule has 0 radical (unpaired) electrons. The van der Waals surface area contributed by atoms with E-state index in [1.54, 1.807) is 17.0 Å². The van der Waals surface area contributed by atoms with Crippen LogP contribution in [-0.4, -0.2) is 16.1 Å². The number of imidazole rings is 1. The van der Waals surface area contributed by atoms with Gasteiger partial charge in [-0.25, -0.2) is 4.98 Å². The summed E-state index contributed by atoms with van der Waals surface area (Å²) in [6.07, 6.45) is 4.45. The average Bonchev–Trinajstić information content (AvgIpc) is 2.89. The number of nitriles is 1. The minimum Gasteiger partial charge on any atom is -0.313 e. The lowest BCUT2D eigenvalue weighted by Gasteiger charge is -2.13. The SMILES string of the molecule is CCCNCc1c(Cl)cccc1-n1ccnc1C#N.